The molecule has 0 fully saturated rings. The maximum atomic E-state index is 12.5. The highest BCUT2D eigenvalue weighted by atomic mass is 31.2. The zero-order valence-corrected chi connectivity index (χ0v) is 26.1. The first-order valence-corrected chi connectivity index (χ1v) is 17.4. The number of carbonyl (C=O) groups excluding carboxylic acids is 2. The summed E-state index contributed by atoms with van der Waals surface area (Å²) in [5.41, 5.74) is 0. The average Bonchev–Trinajstić information content (AvgIpc) is 2.91. The smallest absolute Gasteiger partial charge is 0.407 e. The van der Waals surface area contributed by atoms with Gasteiger partial charge in [0.2, 0.25) is 0 Å². The van der Waals surface area contributed by atoms with Gasteiger partial charge in [-0.1, -0.05) is 117 Å². The van der Waals surface area contributed by atoms with E-state index in [9.17, 15) is 19.0 Å². The lowest BCUT2D eigenvalue weighted by Gasteiger charge is -2.20. The second-order valence-corrected chi connectivity index (χ2v) is 12.4. The Bertz CT molecular complexity index is 637. The molecule has 0 aromatic heterocycles. The molecule has 2 amide bonds. The Kier molecular flexibility index (Phi) is 26.0. The molecule has 9 nitrogen and oxygen atoms in total. The van der Waals surface area contributed by atoms with Gasteiger partial charge in [0.1, 0.15) is 6.61 Å². The van der Waals surface area contributed by atoms with Gasteiger partial charge in [-0.05, 0) is 19.3 Å². The van der Waals surface area contributed by atoms with E-state index in [0.29, 0.717) is 19.5 Å². The fourth-order valence-corrected chi connectivity index (χ4v) is 5.23. The SMILES string of the molecule is CCCCCCCCNC(=O)OC[C@H](COP(=O)(O)CCCCCCCC)OC(=O)NCCCCCCCC. The molecular formula is C29H59N2O7P. The number of ether oxygens (including phenoxy) is 2. The van der Waals surface area contributed by atoms with Crippen molar-refractivity contribution in [3.8, 4) is 0 Å². The molecule has 0 aliphatic rings. The van der Waals surface area contributed by atoms with E-state index in [4.69, 9.17) is 14.0 Å². The van der Waals surface area contributed by atoms with Gasteiger partial charge in [-0.3, -0.25) is 4.57 Å². The topological polar surface area (TPSA) is 123 Å². The van der Waals surface area contributed by atoms with Gasteiger partial charge in [0.05, 0.1) is 6.61 Å². The van der Waals surface area contributed by atoms with Crippen molar-refractivity contribution in [3.63, 3.8) is 0 Å². The van der Waals surface area contributed by atoms with E-state index in [1.165, 1.54) is 44.9 Å². The molecule has 232 valence electrons. The number of amides is 2. The average molecular weight is 579 g/mol. The Hall–Kier alpha value is -1.31. The molecule has 0 heterocycles. The highest BCUT2D eigenvalue weighted by molar-refractivity contribution is 7.52. The van der Waals surface area contributed by atoms with Crippen LogP contribution in [0.4, 0.5) is 9.59 Å². The molecule has 2 atom stereocenters. The minimum atomic E-state index is -3.83. The van der Waals surface area contributed by atoms with E-state index in [1.54, 1.807) is 0 Å². The van der Waals surface area contributed by atoms with Crippen LogP contribution in [0.5, 0.6) is 0 Å². The van der Waals surface area contributed by atoms with Crippen molar-refractivity contribution in [2.45, 2.75) is 142 Å². The lowest BCUT2D eigenvalue weighted by atomic mass is 10.1. The lowest BCUT2D eigenvalue weighted by molar-refractivity contribution is 0.0176. The third-order valence-electron chi connectivity index (χ3n) is 6.53. The van der Waals surface area contributed by atoms with Gasteiger partial charge in [-0.15, -0.1) is 0 Å². The van der Waals surface area contributed by atoms with E-state index < -0.39 is 25.9 Å². The molecular weight excluding hydrogens is 519 g/mol. The molecule has 0 saturated heterocycles. The van der Waals surface area contributed by atoms with Crippen LogP contribution in [-0.2, 0) is 18.6 Å². The molecule has 10 heteroatoms. The second-order valence-electron chi connectivity index (χ2n) is 10.4. The van der Waals surface area contributed by atoms with Crippen LogP contribution < -0.4 is 10.6 Å². The Labute approximate surface area is 238 Å². The predicted octanol–water partition coefficient (Wildman–Crippen LogP) is 8.09. The fourth-order valence-electron chi connectivity index (χ4n) is 4.08. The first kappa shape index (κ1) is 37.7. The molecule has 1 unspecified atom stereocenters. The summed E-state index contributed by atoms with van der Waals surface area (Å²) < 4.78 is 28.4. The maximum Gasteiger partial charge on any atom is 0.407 e. The van der Waals surface area contributed by atoms with Gasteiger partial charge in [0.25, 0.3) is 0 Å². The molecule has 39 heavy (non-hydrogen) atoms. The van der Waals surface area contributed by atoms with Crippen LogP contribution in [0.25, 0.3) is 0 Å². The van der Waals surface area contributed by atoms with Crippen LogP contribution in [0.15, 0.2) is 0 Å². The van der Waals surface area contributed by atoms with Crippen LogP contribution in [0, 0.1) is 0 Å². The van der Waals surface area contributed by atoms with E-state index in [1.807, 2.05) is 0 Å². The third kappa shape index (κ3) is 26.7. The van der Waals surface area contributed by atoms with Gasteiger partial charge >= 0.3 is 19.8 Å². The molecule has 0 aliphatic heterocycles. The molecule has 0 aromatic carbocycles. The van der Waals surface area contributed by atoms with Gasteiger partial charge in [-0.25, -0.2) is 9.59 Å². The number of alkyl carbamates (subject to hydrolysis) is 2. The number of rotatable bonds is 27. The monoisotopic (exact) mass is 578 g/mol. The van der Waals surface area contributed by atoms with Crippen LogP contribution >= 0.6 is 7.60 Å². The van der Waals surface area contributed by atoms with Crippen molar-refractivity contribution in [1.82, 2.24) is 10.6 Å². The summed E-state index contributed by atoms with van der Waals surface area (Å²) >= 11 is 0. The molecule has 0 radical (unpaired) electrons. The van der Waals surface area contributed by atoms with Gasteiger partial charge in [0.15, 0.2) is 6.10 Å². The van der Waals surface area contributed by atoms with E-state index in [-0.39, 0.29) is 19.4 Å². The highest BCUT2D eigenvalue weighted by Crippen LogP contribution is 2.43. The first-order valence-electron chi connectivity index (χ1n) is 15.7. The van der Waals surface area contributed by atoms with E-state index >= 15 is 0 Å². The molecule has 3 N–H and O–H groups in total. The second kappa shape index (κ2) is 26.9. The van der Waals surface area contributed by atoms with Gasteiger partial charge < -0.3 is 29.5 Å². The largest absolute Gasteiger partial charge is 0.446 e. The van der Waals surface area contributed by atoms with Crippen LogP contribution in [0.3, 0.4) is 0 Å². The summed E-state index contributed by atoms with van der Waals surface area (Å²) in [7, 11) is -3.83. The zero-order chi connectivity index (χ0) is 29.0. The third-order valence-corrected chi connectivity index (χ3v) is 7.96. The minimum absolute atomic E-state index is 0.0513. The van der Waals surface area contributed by atoms with Gasteiger partial charge in [0, 0.05) is 19.3 Å². The van der Waals surface area contributed by atoms with Crippen molar-refractivity contribution < 1.29 is 33.0 Å². The fraction of sp³-hybridized carbons (Fsp3) is 0.931. The highest BCUT2D eigenvalue weighted by Gasteiger charge is 2.24. The number of nitrogens with one attached hydrogen (secondary N) is 2. The summed E-state index contributed by atoms with van der Waals surface area (Å²) in [6.07, 6.45) is 17.0. The standard InChI is InChI=1S/C29H59N2O7P/c1-4-7-10-13-16-19-22-30-28(32)36-25-27(38-29(33)31-23-20-17-14-11-8-5-2)26-37-39(34,35)24-21-18-15-12-9-6-3/h27H,4-26H2,1-3H3,(H,30,32)(H,31,33)(H,34,35)/t27-/m1/s1. The number of carbonyl (C=O) groups is 2. The van der Waals surface area contributed by atoms with Crippen LogP contribution in [0.2, 0.25) is 0 Å². The lowest BCUT2D eigenvalue weighted by Crippen LogP contribution is -2.36. The Morgan fingerprint density at radius 1 is 0.641 bits per heavy atom. The Morgan fingerprint density at radius 2 is 1.08 bits per heavy atom. The molecule has 0 spiro atoms. The Morgan fingerprint density at radius 3 is 1.59 bits per heavy atom. The summed E-state index contributed by atoms with van der Waals surface area (Å²) in [6.45, 7) is 6.90. The summed E-state index contributed by atoms with van der Waals surface area (Å²) in [6, 6.07) is 0. The molecule has 0 saturated carbocycles. The van der Waals surface area contributed by atoms with Crippen molar-refractivity contribution in [2.75, 3.05) is 32.5 Å². The van der Waals surface area contributed by atoms with E-state index in [0.717, 1.165) is 64.2 Å². The van der Waals surface area contributed by atoms with Crippen molar-refractivity contribution in [3.05, 3.63) is 0 Å². The molecule has 0 aliphatic carbocycles. The normalized spacial score (nSPS) is 13.4. The molecule has 0 aromatic rings. The summed E-state index contributed by atoms with van der Waals surface area (Å²) in [5.74, 6) is 0. The van der Waals surface area contributed by atoms with Crippen LogP contribution in [-0.4, -0.2) is 55.6 Å². The summed E-state index contributed by atoms with van der Waals surface area (Å²) in [5, 5.41) is 5.41. The first-order chi connectivity index (χ1) is 18.8. The zero-order valence-electron chi connectivity index (χ0n) is 25.2. The maximum absolute atomic E-state index is 12.5. The Balaban J connectivity index is 4.51. The van der Waals surface area contributed by atoms with Crippen molar-refractivity contribution in [2.24, 2.45) is 0 Å². The molecule has 0 bridgehead atoms. The van der Waals surface area contributed by atoms with Gasteiger partial charge in [-0.2, -0.15) is 0 Å². The summed E-state index contributed by atoms with van der Waals surface area (Å²) in [4.78, 5) is 34.6. The quantitative estimate of drug-likeness (QED) is 0.0665. The number of unbranched alkanes of at least 4 members (excludes halogenated alkanes) is 15. The predicted molar refractivity (Wildman–Crippen MR) is 158 cm³/mol. The van der Waals surface area contributed by atoms with Crippen LogP contribution in [0.1, 0.15) is 136 Å². The van der Waals surface area contributed by atoms with Crippen molar-refractivity contribution in [1.29, 1.82) is 0 Å². The minimum Gasteiger partial charge on any atom is -0.446 e. The number of hydrogen-bond donors (Lipinski definition) is 3. The van der Waals surface area contributed by atoms with Crippen molar-refractivity contribution >= 4 is 19.8 Å². The number of hydrogen-bond acceptors (Lipinski definition) is 6. The van der Waals surface area contributed by atoms with E-state index in [2.05, 4.69) is 31.4 Å². The molecule has 0 rings (SSSR count).